The van der Waals surface area contributed by atoms with E-state index in [1.807, 2.05) is 6.92 Å². The van der Waals surface area contributed by atoms with E-state index in [4.69, 9.17) is 9.26 Å². The predicted octanol–water partition coefficient (Wildman–Crippen LogP) is 4.02. The summed E-state index contributed by atoms with van der Waals surface area (Å²) < 4.78 is 38.5. The molecule has 0 aliphatic rings. The third-order valence-electron chi connectivity index (χ3n) is 3.98. The monoisotopic (exact) mass is 420 g/mol. The van der Waals surface area contributed by atoms with Crippen LogP contribution in [0.2, 0.25) is 0 Å². The van der Waals surface area contributed by atoms with E-state index < -0.39 is 10.0 Å². The number of hydrogen-bond donors (Lipinski definition) is 0. The summed E-state index contributed by atoms with van der Waals surface area (Å²) in [6.07, 6.45) is 0.748. The lowest BCUT2D eigenvalue weighted by Crippen LogP contribution is -2.33. The first-order valence-electron chi connectivity index (χ1n) is 8.56. The van der Waals surface area contributed by atoms with Crippen LogP contribution >= 0.6 is 11.3 Å². The molecule has 2 aromatic heterocycles. The van der Waals surface area contributed by atoms with Gasteiger partial charge in [0, 0.05) is 23.1 Å². The number of carbonyl (C=O) groups excluding carboxylic acids is 1. The van der Waals surface area contributed by atoms with Crippen LogP contribution in [0.15, 0.2) is 45.8 Å². The molecule has 0 aliphatic heterocycles. The lowest BCUT2D eigenvalue weighted by molar-refractivity contribution is 0.112. The van der Waals surface area contributed by atoms with Crippen molar-refractivity contribution >= 4 is 33.5 Å². The van der Waals surface area contributed by atoms with Crippen LogP contribution in [0.1, 0.15) is 27.9 Å². The third-order valence-corrected chi connectivity index (χ3v) is 6.96. The number of ether oxygens (including phenoxy) is 1. The maximum absolute atomic E-state index is 13.5. The van der Waals surface area contributed by atoms with Crippen LogP contribution in [0.4, 0.5) is 5.82 Å². The van der Waals surface area contributed by atoms with Crippen molar-refractivity contribution in [1.29, 1.82) is 0 Å². The topological polar surface area (TPSA) is 89.7 Å². The van der Waals surface area contributed by atoms with Crippen LogP contribution in [-0.4, -0.2) is 33.2 Å². The van der Waals surface area contributed by atoms with E-state index in [1.165, 1.54) is 11.3 Å². The van der Waals surface area contributed by atoms with Gasteiger partial charge < -0.3 is 9.26 Å². The van der Waals surface area contributed by atoms with E-state index in [9.17, 15) is 13.2 Å². The largest absolute Gasteiger partial charge is 0.360 e. The van der Waals surface area contributed by atoms with E-state index >= 15 is 0 Å². The standard InChI is InChI=1S/C19H20N2O5S2/c1-4-25-12-21(18-9-13(2)26-20-18)28(23,24)17-10-14(3)27-19(17)16-7-5-15(11-22)6-8-16/h5-11H,4,12H2,1-3H3. The Bertz CT molecular complexity index is 1070. The number of aldehydes is 1. The molecule has 148 valence electrons. The molecule has 0 radical (unpaired) electrons. The SMILES string of the molecule is CCOCN(c1cc(C)on1)S(=O)(=O)c1cc(C)sc1-c1ccc(C=O)cc1. The fourth-order valence-corrected chi connectivity index (χ4v) is 5.51. The number of carbonyl (C=O) groups is 1. The van der Waals surface area contributed by atoms with Gasteiger partial charge in [0.2, 0.25) is 0 Å². The molecular formula is C19H20N2O5S2. The summed E-state index contributed by atoms with van der Waals surface area (Å²) in [5.74, 6) is 0.662. The summed E-state index contributed by atoms with van der Waals surface area (Å²) in [6.45, 7) is 5.50. The third kappa shape index (κ3) is 4.01. The molecule has 7 nitrogen and oxygen atoms in total. The highest BCUT2D eigenvalue weighted by atomic mass is 32.2. The molecule has 0 bridgehead atoms. The van der Waals surface area contributed by atoms with Crippen molar-refractivity contribution in [2.45, 2.75) is 25.7 Å². The van der Waals surface area contributed by atoms with Crippen molar-refractivity contribution in [2.75, 3.05) is 17.6 Å². The summed E-state index contributed by atoms with van der Waals surface area (Å²) >= 11 is 1.37. The molecule has 0 unspecified atom stereocenters. The first-order chi connectivity index (χ1) is 13.4. The Hall–Kier alpha value is -2.49. The van der Waals surface area contributed by atoms with Crippen molar-refractivity contribution in [1.82, 2.24) is 5.16 Å². The number of benzene rings is 1. The lowest BCUT2D eigenvalue weighted by atomic mass is 10.1. The van der Waals surface area contributed by atoms with Crippen LogP contribution in [0.5, 0.6) is 0 Å². The maximum atomic E-state index is 13.5. The zero-order valence-electron chi connectivity index (χ0n) is 15.7. The first kappa shape index (κ1) is 20.2. The molecule has 0 saturated heterocycles. The Morgan fingerprint density at radius 3 is 2.50 bits per heavy atom. The van der Waals surface area contributed by atoms with Crippen molar-refractivity contribution in [2.24, 2.45) is 0 Å². The second-order valence-corrected chi connectivity index (χ2v) is 9.15. The number of nitrogens with zero attached hydrogens (tertiary/aromatic N) is 2. The first-order valence-corrected chi connectivity index (χ1v) is 10.8. The van der Waals surface area contributed by atoms with E-state index in [1.54, 1.807) is 50.2 Å². The van der Waals surface area contributed by atoms with E-state index in [0.29, 0.717) is 22.8 Å². The molecule has 1 aromatic carbocycles. The quantitative estimate of drug-likeness (QED) is 0.404. The highest BCUT2D eigenvalue weighted by molar-refractivity contribution is 7.93. The zero-order chi connectivity index (χ0) is 20.3. The van der Waals surface area contributed by atoms with Gasteiger partial charge in [0.1, 0.15) is 23.7 Å². The summed E-state index contributed by atoms with van der Waals surface area (Å²) in [5, 5.41) is 3.85. The Kier molecular flexibility index (Phi) is 5.97. The van der Waals surface area contributed by atoms with Crippen molar-refractivity contribution in [3.63, 3.8) is 0 Å². The Morgan fingerprint density at radius 2 is 1.93 bits per heavy atom. The van der Waals surface area contributed by atoms with Crippen LogP contribution < -0.4 is 4.31 Å². The molecule has 3 aromatic rings. The second-order valence-electron chi connectivity index (χ2n) is 6.06. The summed E-state index contributed by atoms with van der Waals surface area (Å²) in [4.78, 5) is 12.5. The highest BCUT2D eigenvalue weighted by Gasteiger charge is 2.31. The van der Waals surface area contributed by atoms with E-state index in [-0.39, 0.29) is 17.4 Å². The average molecular weight is 421 g/mol. The molecule has 0 saturated carbocycles. The smallest absolute Gasteiger partial charge is 0.269 e. The molecule has 0 fully saturated rings. The molecule has 0 atom stereocenters. The molecule has 0 N–H and O–H groups in total. The molecule has 0 amide bonds. The fourth-order valence-electron chi connectivity index (χ4n) is 2.62. The second kappa shape index (κ2) is 8.26. The normalized spacial score (nSPS) is 11.5. The van der Waals surface area contributed by atoms with Gasteiger partial charge in [0.25, 0.3) is 10.0 Å². The highest BCUT2D eigenvalue weighted by Crippen LogP contribution is 2.38. The molecule has 0 spiro atoms. The average Bonchev–Trinajstić information content (AvgIpc) is 3.28. The van der Waals surface area contributed by atoms with Gasteiger partial charge in [0.05, 0.1) is 4.88 Å². The molecule has 3 rings (SSSR count). The molecular weight excluding hydrogens is 400 g/mol. The summed E-state index contributed by atoms with van der Waals surface area (Å²) in [6, 6.07) is 9.98. The van der Waals surface area contributed by atoms with Crippen LogP contribution in [0.25, 0.3) is 10.4 Å². The van der Waals surface area contributed by atoms with Gasteiger partial charge in [-0.2, -0.15) is 0 Å². The zero-order valence-corrected chi connectivity index (χ0v) is 17.3. The Balaban J connectivity index is 2.10. The number of aryl methyl sites for hydroxylation is 2. The van der Waals surface area contributed by atoms with Crippen LogP contribution in [-0.2, 0) is 14.8 Å². The van der Waals surface area contributed by atoms with Gasteiger partial charge in [-0.25, -0.2) is 12.7 Å². The number of aromatic nitrogens is 1. The number of anilines is 1. The Morgan fingerprint density at radius 1 is 1.21 bits per heavy atom. The fraction of sp³-hybridized carbons (Fsp3) is 0.263. The number of rotatable bonds is 8. The number of sulfonamides is 1. The Labute approximate surface area is 167 Å². The van der Waals surface area contributed by atoms with Gasteiger partial charge >= 0.3 is 0 Å². The van der Waals surface area contributed by atoms with Gasteiger partial charge in [-0.05, 0) is 32.4 Å². The maximum Gasteiger partial charge on any atom is 0.269 e. The van der Waals surface area contributed by atoms with E-state index in [0.717, 1.165) is 21.0 Å². The van der Waals surface area contributed by atoms with Crippen LogP contribution in [0, 0.1) is 13.8 Å². The van der Waals surface area contributed by atoms with Crippen LogP contribution in [0.3, 0.4) is 0 Å². The number of thiophene rings is 1. The van der Waals surface area contributed by atoms with Gasteiger partial charge in [0.15, 0.2) is 5.82 Å². The lowest BCUT2D eigenvalue weighted by Gasteiger charge is -2.21. The molecule has 2 heterocycles. The minimum absolute atomic E-state index is 0.161. The van der Waals surface area contributed by atoms with Gasteiger partial charge in [-0.3, -0.25) is 4.79 Å². The minimum atomic E-state index is -3.96. The van der Waals surface area contributed by atoms with Crippen molar-refractivity contribution in [3.8, 4) is 10.4 Å². The van der Waals surface area contributed by atoms with Crippen molar-refractivity contribution in [3.05, 3.63) is 52.6 Å². The van der Waals surface area contributed by atoms with Crippen molar-refractivity contribution < 1.29 is 22.5 Å². The minimum Gasteiger partial charge on any atom is -0.360 e. The summed E-state index contributed by atoms with van der Waals surface area (Å²) in [7, 11) is -3.96. The van der Waals surface area contributed by atoms with Gasteiger partial charge in [-0.1, -0.05) is 29.4 Å². The van der Waals surface area contributed by atoms with Gasteiger partial charge in [-0.15, -0.1) is 11.3 Å². The predicted molar refractivity (Wildman–Crippen MR) is 107 cm³/mol. The molecule has 9 heteroatoms. The molecule has 0 aliphatic carbocycles. The van der Waals surface area contributed by atoms with E-state index in [2.05, 4.69) is 5.16 Å². The molecule has 28 heavy (non-hydrogen) atoms. The summed E-state index contributed by atoms with van der Waals surface area (Å²) in [5.41, 5.74) is 1.24. The number of hydrogen-bond acceptors (Lipinski definition) is 7.